The smallest absolute Gasteiger partial charge is 0.236 e. The summed E-state index contributed by atoms with van der Waals surface area (Å²) in [5.74, 6) is 1.11. The van der Waals surface area contributed by atoms with E-state index < -0.39 is 0 Å². The molecule has 0 spiro atoms. The zero-order valence-electron chi connectivity index (χ0n) is 22.5. The van der Waals surface area contributed by atoms with Crippen molar-refractivity contribution < 1.29 is 9.59 Å². The number of benzene rings is 1. The Morgan fingerprint density at radius 1 is 1.00 bits per heavy atom. The molecule has 1 aliphatic carbocycles. The number of carbonyl (C=O) groups excluding carboxylic acids is 2. The Kier molecular flexibility index (Phi) is 9.83. The van der Waals surface area contributed by atoms with Crippen LogP contribution in [0.1, 0.15) is 60.4 Å². The summed E-state index contributed by atoms with van der Waals surface area (Å²) in [6.07, 6.45) is 7.87. The van der Waals surface area contributed by atoms with Gasteiger partial charge in [-0.2, -0.15) is 5.26 Å². The summed E-state index contributed by atoms with van der Waals surface area (Å²) in [4.78, 5) is 34.4. The van der Waals surface area contributed by atoms with Crippen molar-refractivity contribution in [2.45, 2.75) is 50.9 Å². The van der Waals surface area contributed by atoms with E-state index in [1.807, 2.05) is 28.1 Å². The van der Waals surface area contributed by atoms with E-state index in [1.54, 1.807) is 0 Å². The average molecular weight is 692 g/mol. The monoisotopic (exact) mass is 689 g/mol. The summed E-state index contributed by atoms with van der Waals surface area (Å²) in [5, 5.41) is 12.2. The number of hydrogen-bond acceptors (Lipinski definition) is 5. The predicted molar refractivity (Wildman–Crippen MR) is 162 cm³/mol. The molecule has 5 rings (SSSR count). The van der Waals surface area contributed by atoms with Crippen molar-refractivity contribution in [1.82, 2.24) is 20.1 Å². The van der Waals surface area contributed by atoms with E-state index in [0.717, 1.165) is 71.3 Å². The molecule has 2 aliphatic heterocycles. The van der Waals surface area contributed by atoms with Gasteiger partial charge in [0.1, 0.15) is 0 Å². The van der Waals surface area contributed by atoms with Crippen LogP contribution in [0.5, 0.6) is 0 Å². The number of hydrogen-bond donors (Lipinski definition) is 1. The Hall–Kier alpha value is -1.99. The van der Waals surface area contributed by atoms with E-state index >= 15 is 0 Å². The second-order valence-electron chi connectivity index (χ2n) is 11.1. The van der Waals surface area contributed by atoms with Crippen LogP contribution in [-0.2, 0) is 22.4 Å². The van der Waals surface area contributed by atoms with Crippen molar-refractivity contribution in [2.75, 3.05) is 39.3 Å². The highest BCUT2D eigenvalue weighted by Crippen LogP contribution is 2.46. The van der Waals surface area contributed by atoms with Crippen LogP contribution in [0.3, 0.4) is 0 Å². The number of pyridine rings is 1. The number of likely N-dealkylation sites (tertiary alicyclic amines) is 2. The Balaban J connectivity index is 1.21. The van der Waals surface area contributed by atoms with Crippen LogP contribution in [0, 0.1) is 23.2 Å². The maximum Gasteiger partial charge on any atom is 0.236 e. The molecular weight excluding hydrogens is 658 g/mol. The van der Waals surface area contributed by atoms with E-state index in [1.165, 1.54) is 16.7 Å². The van der Waals surface area contributed by atoms with Crippen LogP contribution in [0.4, 0.5) is 0 Å². The lowest BCUT2D eigenvalue weighted by atomic mass is 9.76. The van der Waals surface area contributed by atoms with Crippen LogP contribution in [0.25, 0.3) is 0 Å². The molecule has 0 radical (unpaired) electrons. The third kappa shape index (κ3) is 6.73. The standard InChI is InChI=1S/C30H34Br2ClN5O2/c31-23-14-22-2-1-21-15-24(33)16-25(32)28(21)29(30(22)36-17-23)20-5-11-37(12-6-20)26(39)13-19-3-9-38(10-4-19)27(40)18-35-8-7-34/h14-17,19-20,29,35H,1-6,8-13,18H2/t29-/m1/s1. The van der Waals surface area contributed by atoms with E-state index in [-0.39, 0.29) is 30.8 Å². The third-order valence-corrected chi connectivity index (χ3v) is 10.00. The topological polar surface area (TPSA) is 89.3 Å². The van der Waals surface area contributed by atoms with Gasteiger partial charge in [0.25, 0.3) is 0 Å². The average Bonchev–Trinajstić information content (AvgIpc) is 3.10. The van der Waals surface area contributed by atoms with Crippen molar-refractivity contribution in [3.8, 4) is 6.07 Å². The quantitative estimate of drug-likeness (QED) is 0.321. The van der Waals surface area contributed by atoms with Gasteiger partial charge in [0, 0.05) is 58.7 Å². The number of halogens is 3. The molecule has 212 valence electrons. The van der Waals surface area contributed by atoms with Gasteiger partial charge in [-0.1, -0.05) is 27.5 Å². The molecule has 10 heteroatoms. The molecule has 1 N–H and O–H groups in total. The number of nitrogens with one attached hydrogen (secondary N) is 1. The van der Waals surface area contributed by atoms with E-state index in [9.17, 15) is 9.59 Å². The first-order valence-corrected chi connectivity index (χ1v) is 16.1. The van der Waals surface area contributed by atoms with Crippen molar-refractivity contribution in [2.24, 2.45) is 11.8 Å². The first kappa shape index (κ1) is 29.5. The zero-order valence-corrected chi connectivity index (χ0v) is 26.4. The summed E-state index contributed by atoms with van der Waals surface area (Å²) in [6.45, 7) is 3.24. The minimum absolute atomic E-state index is 0.0273. The first-order valence-electron chi connectivity index (χ1n) is 14.1. The minimum atomic E-state index is 0.0273. The molecule has 1 aromatic heterocycles. The van der Waals surface area contributed by atoms with Gasteiger partial charge in [-0.3, -0.25) is 19.9 Å². The minimum Gasteiger partial charge on any atom is -0.343 e. The van der Waals surface area contributed by atoms with Gasteiger partial charge in [-0.25, -0.2) is 0 Å². The zero-order chi connectivity index (χ0) is 28.2. The SMILES string of the molecule is N#CCNCC(=O)N1CCC(CC(=O)N2CCC([C@H]3c4ncc(Br)cc4CCc4cc(Cl)cc(Br)c43)CC2)CC1. The molecule has 3 aliphatic rings. The van der Waals surface area contributed by atoms with Crippen LogP contribution >= 0.6 is 43.5 Å². The molecule has 2 amide bonds. The number of aromatic nitrogens is 1. The van der Waals surface area contributed by atoms with Gasteiger partial charge in [-0.05, 0) is 101 Å². The van der Waals surface area contributed by atoms with Crippen LogP contribution in [0.2, 0.25) is 5.02 Å². The van der Waals surface area contributed by atoms with Gasteiger partial charge in [0.15, 0.2) is 0 Å². The van der Waals surface area contributed by atoms with Crippen molar-refractivity contribution in [3.63, 3.8) is 0 Å². The second kappa shape index (κ2) is 13.3. The molecule has 7 nitrogen and oxygen atoms in total. The molecule has 1 atom stereocenters. The summed E-state index contributed by atoms with van der Waals surface area (Å²) in [7, 11) is 0. The number of carbonyl (C=O) groups is 2. The molecule has 0 bridgehead atoms. The summed E-state index contributed by atoms with van der Waals surface area (Å²) >= 11 is 13.9. The predicted octanol–water partition coefficient (Wildman–Crippen LogP) is 5.47. The Morgan fingerprint density at radius 3 is 2.40 bits per heavy atom. The Labute approximate surface area is 257 Å². The van der Waals surface area contributed by atoms with Gasteiger partial charge in [0.05, 0.1) is 24.9 Å². The lowest BCUT2D eigenvalue weighted by Gasteiger charge is -2.38. The third-order valence-electron chi connectivity index (χ3n) is 8.69. The highest BCUT2D eigenvalue weighted by atomic mass is 79.9. The normalized spacial score (nSPS) is 19.9. The number of amides is 2. The van der Waals surface area contributed by atoms with E-state index in [4.69, 9.17) is 21.8 Å². The fourth-order valence-electron chi connectivity index (χ4n) is 6.61. The maximum absolute atomic E-state index is 13.3. The molecule has 2 aromatic rings. The number of piperidine rings is 2. The van der Waals surface area contributed by atoms with E-state index in [2.05, 4.69) is 49.3 Å². The van der Waals surface area contributed by atoms with Crippen molar-refractivity contribution in [3.05, 3.63) is 60.7 Å². The molecular formula is C30H34Br2ClN5O2. The summed E-state index contributed by atoms with van der Waals surface area (Å²) in [5.41, 5.74) is 5.01. The molecule has 0 saturated carbocycles. The highest BCUT2D eigenvalue weighted by Gasteiger charge is 2.36. The Bertz CT molecular complexity index is 1300. The number of fused-ring (bicyclic) bond motifs is 2. The summed E-state index contributed by atoms with van der Waals surface area (Å²) < 4.78 is 2.04. The molecule has 2 fully saturated rings. The summed E-state index contributed by atoms with van der Waals surface area (Å²) in [6, 6.07) is 8.30. The Morgan fingerprint density at radius 2 is 1.68 bits per heavy atom. The number of rotatable bonds is 6. The molecule has 1 aromatic carbocycles. The molecule has 40 heavy (non-hydrogen) atoms. The lowest BCUT2D eigenvalue weighted by molar-refractivity contribution is -0.134. The van der Waals surface area contributed by atoms with Gasteiger partial charge < -0.3 is 9.80 Å². The molecule has 3 heterocycles. The van der Waals surface area contributed by atoms with Crippen LogP contribution < -0.4 is 5.32 Å². The number of nitrogens with zero attached hydrogens (tertiary/aromatic N) is 4. The number of nitriles is 1. The van der Waals surface area contributed by atoms with Crippen molar-refractivity contribution in [1.29, 1.82) is 5.26 Å². The highest BCUT2D eigenvalue weighted by molar-refractivity contribution is 9.10. The van der Waals surface area contributed by atoms with Crippen molar-refractivity contribution >= 4 is 55.3 Å². The van der Waals surface area contributed by atoms with Crippen LogP contribution in [-0.4, -0.2) is 65.9 Å². The number of aryl methyl sites for hydroxylation is 2. The maximum atomic E-state index is 13.3. The molecule has 2 saturated heterocycles. The second-order valence-corrected chi connectivity index (χ2v) is 13.4. The lowest BCUT2D eigenvalue weighted by Crippen LogP contribution is -2.44. The van der Waals surface area contributed by atoms with Gasteiger partial charge in [-0.15, -0.1) is 0 Å². The fourth-order valence-corrected chi connectivity index (χ4v) is 8.11. The largest absolute Gasteiger partial charge is 0.343 e. The molecule has 0 unspecified atom stereocenters. The van der Waals surface area contributed by atoms with E-state index in [0.29, 0.717) is 31.3 Å². The first-order chi connectivity index (χ1) is 19.3. The van der Waals surface area contributed by atoms with Gasteiger partial charge in [0.2, 0.25) is 11.8 Å². The van der Waals surface area contributed by atoms with Gasteiger partial charge >= 0.3 is 0 Å². The van der Waals surface area contributed by atoms with Crippen LogP contribution in [0.15, 0.2) is 33.3 Å². The fraction of sp³-hybridized carbons (Fsp3) is 0.533.